The van der Waals surface area contributed by atoms with Crippen molar-refractivity contribution in [3.63, 3.8) is 0 Å². The molecule has 3 atom stereocenters. The second-order valence-electron chi connectivity index (χ2n) is 10.3. The first-order valence-corrected chi connectivity index (χ1v) is 15.5. The number of hydrogen-bond acceptors (Lipinski definition) is 4. The molecule has 4 nitrogen and oxygen atoms in total. The molecule has 37 heavy (non-hydrogen) atoms. The Balaban J connectivity index is 2.30. The highest BCUT2D eigenvalue weighted by Crippen LogP contribution is 2.49. The van der Waals surface area contributed by atoms with E-state index in [2.05, 4.69) is 0 Å². The number of rotatable bonds is 9. The van der Waals surface area contributed by atoms with Crippen LogP contribution < -0.4 is 0 Å². The standard InChI is InChI=1S/C29H33F3O4Si/c1-21(27(2,34)29(30,31)32)26(33)35-25(22-15-9-6-10-16-22)28(36-37(3,4)5,23-17-11-7-12-18-23)24-19-13-8-14-20-24/h6-21,25,34H,1-5H3/t21-,25-,27-/m1/s1. The number of hydrogen-bond donors (Lipinski definition) is 1. The molecule has 0 saturated heterocycles. The summed E-state index contributed by atoms with van der Waals surface area (Å²) in [6.45, 7) is 7.58. The molecule has 8 heteroatoms. The van der Waals surface area contributed by atoms with Gasteiger partial charge in [-0.3, -0.25) is 4.79 Å². The van der Waals surface area contributed by atoms with Crippen LogP contribution in [-0.2, 0) is 19.6 Å². The van der Waals surface area contributed by atoms with Crippen molar-refractivity contribution in [1.82, 2.24) is 0 Å². The van der Waals surface area contributed by atoms with Gasteiger partial charge in [0.2, 0.25) is 0 Å². The molecule has 0 aliphatic carbocycles. The summed E-state index contributed by atoms with van der Waals surface area (Å²) in [5.74, 6) is -3.08. The van der Waals surface area contributed by atoms with Crippen LogP contribution in [0.3, 0.4) is 0 Å². The Kier molecular flexibility index (Phi) is 8.36. The summed E-state index contributed by atoms with van der Waals surface area (Å²) < 4.78 is 53.8. The Bertz CT molecular complexity index is 1120. The van der Waals surface area contributed by atoms with Gasteiger partial charge >= 0.3 is 12.1 Å². The van der Waals surface area contributed by atoms with Crippen molar-refractivity contribution >= 4 is 14.3 Å². The second kappa shape index (κ2) is 10.8. The zero-order valence-electron chi connectivity index (χ0n) is 21.6. The molecule has 0 bridgehead atoms. The van der Waals surface area contributed by atoms with E-state index in [0.29, 0.717) is 23.6 Å². The van der Waals surface area contributed by atoms with Crippen LogP contribution in [0.4, 0.5) is 13.2 Å². The Morgan fingerprint density at radius 2 is 1.22 bits per heavy atom. The van der Waals surface area contributed by atoms with Gasteiger partial charge < -0.3 is 14.3 Å². The van der Waals surface area contributed by atoms with Crippen LogP contribution in [0.2, 0.25) is 19.6 Å². The van der Waals surface area contributed by atoms with E-state index in [1.165, 1.54) is 0 Å². The summed E-state index contributed by atoms with van der Waals surface area (Å²) in [6, 6.07) is 27.3. The van der Waals surface area contributed by atoms with E-state index in [1.807, 2.05) is 80.3 Å². The predicted octanol–water partition coefficient (Wildman–Crippen LogP) is 7.02. The van der Waals surface area contributed by atoms with Crippen molar-refractivity contribution in [3.05, 3.63) is 108 Å². The maximum absolute atomic E-state index is 13.6. The highest BCUT2D eigenvalue weighted by Gasteiger charge is 2.57. The fourth-order valence-corrected chi connectivity index (χ4v) is 5.51. The van der Waals surface area contributed by atoms with E-state index in [-0.39, 0.29) is 0 Å². The lowest BCUT2D eigenvalue weighted by atomic mass is 9.78. The van der Waals surface area contributed by atoms with Gasteiger partial charge in [0.15, 0.2) is 20.0 Å². The van der Waals surface area contributed by atoms with Crippen molar-refractivity contribution in [3.8, 4) is 0 Å². The van der Waals surface area contributed by atoms with E-state index in [9.17, 15) is 23.1 Å². The number of aliphatic hydroxyl groups is 1. The third-order valence-corrected chi connectivity index (χ3v) is 7.28. The molecule has 1 N–H and O–H groups in total. The Morgan fingerprint density at radius 3 is 1.59 bits per heavy atom. The molecule has 0 aliphatic rings. The smallest absolute Gasteiger partial charge is 0.417 e. The molecule has 0 saturated carbocycles. The van der Waals surface area contributed by atoms with Gasteiger partial charge in [-0.1, -0.05) is 91.0 Å². The molecule has 0 spiro atoms. The van der Waals surface area contributed by atoms with Gasteiger partial charge in [-0.05, 0) is 50.2 Å². The number of halogens is 3. The largest absolute Gasteiger partial charge is 0.453 e. The predicted molar refractivity (Wildman–Crippen MR) is 139 cm³/mol. The van der Waals surface area contributed by atoms with E-state index in [4.69, 9.17) is 9.16 Å². The molecule has 0 aromatic heterocycles. The van der Waals surface area contributed by atoms with E-state index in [1.54, 1.807) is 30.3 Å². The summed E-state index contributed by atoms with van der Waals surface area (Å²) in [6.07, 6.45) is -6.19. The molecule has 3 aromatic rings. The summed E-state index contributed by atoms with van der Waals surface area (Å²) in [5.41, 5.74) is -2.76. The number of benzene rings is 3. The summed E-state index contributed by atoms with van der Waals surface area (Å²) >= 11 is 0. The van der Waals surface area contributed by atoms with E-state index >= 15 is 0 Å². The fraction of sp³-hybridized carbons (Fsp3) is 0.345. The second-order valence-corrected chi connectivity index (χ2v) is 14.7. The molecule has 3 aromatic carbocycles. The van der Waals surface area contributed by atoms with E-state index < -0.39 is 43.7 Å². The van der Waals surface area contributed by atoms with Gasteiger partial charge in [-0.25, -0.2) is 0 Å². The third-order valence-electron chi connectivity index (χ3n) is 6.35. The highest BCUT2D eigenvalue weighted by atomic mass is 28.4. The molecule has 3 rings (SSSR count). The monoisotopic (exact) mass is 530 g/mol. The molecular weight excluding hydrogens is 497 g/mol. The molecule has 0 aliphatic heterocycles. The maximum atomic E-state index is 13.6. The van der Waals surface area contributed by atoms with Crippen molar-refractivity contribution in [2.45, 2.75) is 57.0 Å². The van der Waals surface area contributed by atoms with Crippen molar-refractivity contribution in [2.24, 2.45) is 5.92 Å². The first-order valence-electron chi connectivity index (χ1n) is 12.1. The first-order chi connectivity index (χ1) is 17.2. The Morgan fingerprint density at radius 1 is 0.811 bits per heavy atom. The van der Waals surface area contributed by atoms with Crippen LogP contribution >= 0.6 is 0 Å². The van der Waals surface area contributed by atoms with Gasteiger partial charge in [0, 0.05) is 0 Å². The quantitative estimate of drug-likeness (QED) is 0.239. The maximum Gasteiger partial charge on any atom is 0.417 e. The summed E-state index contributed by atoms with van der Waals surface area (Å²) in [5, 5.41) is 10.2. The zero-order chi connectivity index (χ0) is 27.5. The Hall–Kier alpha value is -2.94. The van der Waals surface area contributed by atoms with Crippen LogP contribution in [0.1, 0.15) is 36.6 Å². The topological polar surface area (TPSA) is 55.8 Å². The van der Waals surface area contributed by atoms with E-state index in [0.717, 1.165) is 6.92 Å². The lowest BCUT2D eigenvalue weighted by Gasteiger charge is -2.45. The molecule has 0 fully saturated rings. The van der Waals surface area contributed by atoms with Gasteiger partial charge in [-0.15, -0.1) is 0 Å². The number of ether oxygens (including phenoxy) is 1. The average molecular weight is 531 g/mol. The number of carbonyl (C=O) groups is 1. The van der Waals surface area contributed by atoms with Gasteiger partial charge in [0.05, 0.1) is 5.92 Å². The van der Waals surface area contributed by atoms with Gasteiger partial charge in [0.25, 0.3) is 0 Å². The van der Waals surface area contributed by atoms with Crippen molar-refractivity contribution in [1.29, 1.82) is 0 Å². The minimum absolute atomic E-state index is 0.542. The molecule has 0 radical (unpaired) electrons. The van der Waals surface area contributed by atoms with Crippen molar-refractivity contribution in [2.75, 3.05) is 0 Å². The summed E-state index contributed by atoms with van der Waals surface area (Å²) in [4.78, 5) is 13.4. The number of esters is 1. The van der Waals surface area contributed by atoms with Crippen LogP contribution in [-0.4, -0.2) is 31.2 Å². The molecule has 0 heterocycles. The molecule has 198 valence electrons. The average Bonchev–Trinajstić information content (AvgIpc) is 2.85. The van der Waals surface area contributed by atoms with Crippen LogP contribution in [0.5, 0.6) is 0 Å². The zero-order valence-corrected chi connectivity index (χ0v) is 22.6. The lowest BCUT2D eigenvalue weighted by molar-refractivity contribution is -0.272. The third kappa shape index (κ3) is 6.14. The van der Waals surface area contributed by atoms with Gasteiger partial charge in [-0.2, -0.15) is 13.2 Å². The first kappa shape index (κ1) is 28.6. The molecule has 0 unspecified atom stereocenters. The van der Waals surface area contributed by atoms with Crippen LogP contribution in [0.25, 0.3) is 0 Å². The Labute approximate surface area is 217 Å². The molecule has 0 amide bonds. The fourth-order valence-electron chi connectivity index (χ4n) is 4.20. The molecular formula is C29H33F3O4Si. The minimum Gasteiger partial charge on any atom is -0.453 e. The SMILES string of the molecule is C[C@H](C(=O)O[C@H](c1ccccc1)C(O[Si](C)(C)C)(c1ccccc1)c1ccccc1)[C@@](C)(O)C(F)(F)F. The van der Waals surface area contributed by atoms with Gasteiger partial charge in [0.1, 0.15) is 5.60 Å². The van der Waals surface area contributed by atoms with Crippen molar-refractivity contribution < 1.29 is 32.2 Å². The number of carbonyl (C=O) groups excluding carboxylic acids is 1. The lowest BCUT2D eigenvalue weighted by Crippen LogP contribution is -2.52. The number of alkyl halides is 3. The van der Waals surface area contributed by atoms with Crippen LogP contribution in [0, 0.1) is 5.92 Å². The highest BCUT2D eigenvalue weighted by molar-refractivity contribution is 6.69. The summed E-state index contributed by atoms with van der Waals surface area (Å²) in [7, 11) is -2.42. The normalized spacial score (nSPS) is 15.9. The van der Waals surface area contributed by atoms with Crippen LogP contribution in [0.15, 0.2) is 91.0 Å². The minimum atomic E-state index is -5.03.